The summed E-state index contributed by atoms with van der Waals surface area (Å²) < 4.78 is 0. The molecule has 0 saturated carbocycles. The maximum Gasteiger partial charge on any atom is 0.164 e. The molecule has 0 aromatic carbocycles. The Morgan fingerprint density at radius 3 is 1.20 bits per heavy atom. The summed E-state index contributed by atoms with van der Waals surface area (Å²) in [6, 6.07) is 0. The molecule has 0 aliphatic heterocycles. The van der Waals surface area contributed by atoms with Gasteiger partial charge in [0, 0.05) is 12.8 Å². The Morgan fingerprint density at radius 1 is 0.537 bits per heavy atom. The number of hydrogen-bond donors (Lipinski definition) is 3. The van der Waals surface area contributed by atoms with Gasteiger partial charge in [-0.3, -0.25) is 9.59 Å². The zero-order chi connectivity index (χ0) is 30.4. The summed E-state index contributed by atoms with van der Waals surface area (Å²) >= 11 is 0. The second-order valence-electron chi connectivity index (χ2n) is 11.6. The van der Waals surface area contributed by atoms with E-state index >= 15 is 0 Å². The second kappa shape index (κ2) is 30.6. The lowest BCUT2D eigenvalue weighted by Gasteiger charge is -2.24. The molecule has 6 heteroatoms. The molecule has 0 bridgehead atoms. The molecule has 0 heterocycles. The van der Waals surface area contributed by atoms with Gasteiger partial charge in [-0.1, -0.05) is 115 Å². The summed E-state index contributed by atoms with van der Waals surface area (Å²) in [4.78, 5) is 25.8. The SMILES string of the molecule is CCCCCCC=CCCCCCCCC(=O)P(C(=O)CCCCCCCC=CCCCCCC)C(O)C(O)CO. The molecule has 41 heavy (non-hydrogen) atoms. The molecule has 0 radical (unpaired) electrons. The Bertz CT molecular complexity index is 615. The van der Waals surface area contributed by atoms with Crippen LogP contribution in [-0.4, -0.2) is 44.9 Å². The molecule has 0 rings (SSSR count). The van der Waals surface area contributed by atoms with E-state index in [1.165, 1.54) is 64.2 Å². The Balaban J connectivity index is 4.17. The average Bonchev–Trinajstić information content (AvgIpc) is 2.97. The van der Waals surface area contributed by atoms with Gasteiger partial charge in [0.05, 0.1) is 14.5 Å². The van der Waals surface area contributed by atoms with Crippen LogP contribution in [0.1, 0.15) is 168 Å². The van der Waals surface area contributed by atoms with Crippen molar-refractivity contribution in [1.82, 2.24) is 0 Å². The molecule has 2 unspecified atom stereocenters. The van der Waals surface area contributed by atoms with E-state index in [0.29, 0.717) is 12.8 Å². The number of unbranched alkanes of at least 4 members (excludes halogenated alkanes) is 18. The van der Waals surface area contributed by atoms with E-state index in [9.17, 15) is 24.9 Å². The van der Waals surface area contributed by atoms with E-state index in [-0.39, 0.29) is 23.9 Å². The van der Waals surface area contributed by atoms with Gasteiger partial charge in [-0.25, -0.2) is 0 Å². The third kappa shape index (κ3) is 24.3. The largest absolute Gasteiger partial charge is 0.394 e. The fraction of sp³-hybridized carbons (Fsp3) is 0.829. The highest BCUT2D eigenvalue weighted by molar-refractivity contribution is 7.89. The monoisotopic (exact) mass is 596 g/mol. The molecule has 0 fully saturated rings. The third-order valence-corrected chi connectivity index (χ3v) is 10.0. The van der Waals surface area contributed by atoms with E-state index in [1.807, 2.05) is 0 Å². The number of carbonyl (C=O) groups is 2. The van der Waals surface area contributed by atoms with Crippen LogP contribution in [0.25, 0.3) is 0 Å². The molecule has 0 aliphatic rings. The first-order chi connectivity index (χ1) is 20.0. The van der Waals surface area contributed by atoms with Crippen molar-refractivity contribution in [2.75, 3.05) is 6.61 Å². The minimum atomic E-state index is -2.02. The highest BCUT2D eigenvalue weighted by atomic mass is 31.1. The van der Waals surface area contributed by atoms with Crippen LogP contribution in [0.4, 0.5) is 0 Å². The molecule has 2 atom stereocenters. The van der Waals surface area contributed by atoms with Crippen molar-refractivity contribution in [3.63, 3.8) is 0 Å². The van der Waals surface area contributed by atoms with Crippen molar-refractivity contribution in [3.05, 3.63) is 24.3 Å². The van der Waals surface area contributed by atoms with Gasteiger partial charge in [-0.15, -0.1) is 0 Å². The van der Waals surface area contributed by atoms with Gasteiger partial charge in [0.2, 0.25) is 0 Å². The van der Waals surface area contributed by atoms with Crippen LogP contribution in [0.15, 0.2) is 24.3 Å². The van der Waals surface area contributed by atoms with Crippen LogP contribution in [0, 0.1) is 0 Å². The zero-order valence-corrected chi connectivity index (χ0v) is 27.6. The molecule has 240 valence electrons. The molecule has 0 amide bonds. The Morgan fingerprint density at radius 2 is 0.854 bits per heavy atom. The lowest BCUT2D eigenvalue weighted by molar-refractivity contribution is -0.115. The summed E-state index contributed by atoms with van der Waals surface area (Å²) in [6.07, 6.45) is 33.2. The van der Waals surface area contributed by atoms with Gasteiger partial charge < -0.3 is 15.3 Å². The number of carbonyl (C=O) groups excluding carboxylic acids is 2. The van der Waals surface area contributed by atoms with Gasteiger partial charge >= 0.3 is 0 Å². The second-order valence-corrected chi connectivity index (χ2v) is 13.8. The normalized spacial score (nSPS) is 14.2. The van der Waals surface area contributed by atoms with E-state index in [4.69, 9.17) is 0 Å². The van der Waals surface area contributed by atoms with E-state index in [1.54, 1.807) is 0 Å². The van der Waals surface area contributed by atoms with Crippen molar-refractivity contribution in [1.29, 1.82) is 0 Å². The molecular formula is C35H65O5P. The molecule has 0 saturated heterocycles. The quantitative estimate of drug-likeness (QED) is 0.0421. The first kappa shape index (κ1) is 40.1. The third-order valence-electron chi connectivity index (χ3n) is 7.64. The smallest absolute Gasteiger partial charge is 0.164 e. The van der Waals surface area contributed by atoms with Gasteiger partial charge in [-0.05, 0) is 64.2 Å². The van der Waals surface area contributed by atoms with Crippen LogP contribution >= 0.6 is 7.92 Å². The molecule has 3 N–H and O–H groups in total. The number of rotatable bonds is 31. The maximum absolute atomic E-state index is 12.9. The molecule has 0 spiro atoms. The molecule has 0 aromatic heterocycles. The van der Waals surface area contributed by atoms with Gasteiger partial charge in [-0.2, -0.15) is 0 Å². The minimum Gasteiger partial charge on any atom is -0.394 e. The van der Waals surface area contributed by atoms with Gasteiger partial charge in [0.1, 0.15) is 11.9 Å². The number of allylic oxidation sites excluding steroid dienone is 4. The fourth-order valence-corrected chi connectivity index (χ4v) is 7.03. The predicted octanol–water partition coefficient (Wildman–Crippen LogP) is 9.71. The van der Waals surface area contributed by atoms with Crippen LogP contribution in [0.5, 0.6) is 0 Å². The summed E-state index contributed by atoms with van der Waals surface area (Å²) in [5.41, 5.74) is -0.477. The van der Waals surface area contributed by atoms with Crippen molar-refractivity contribution in [2.24, 2.45) is 0 Å². The summed E-state index contributed by atoms with van der Waals surface area (Å²) in [5.74, 6) is -1.47. The van der Waals surface area contributed by atoms with E-state index in [0.717, 1.165) is 64.2 Å². The van der Waals surface area contributed by atoms with Crippen molar-refractivity contribution >= 4 is 19.0 Å². The number of aliphatic hydroxyl groups is 3. The first-order valence-corrected chi connectivity index (χ1v) is 18.5. The van der Waals surface area contributed by atoms with Crippen LogP contribution in [-0.2, 0) is 9.59 Å². The molecule has 5 nitrogen and oxygen atoms in total. The van der Waals surface area contributed by atoms with Crippen molar-refractivity contribution in [2.45, 2.75) is 180 Å². The lowest BCUT2D eigenvalue weighted by atomic mass is 10.1. The topological polar surface area (TPSA) is 94.8 Å². The minimum absolute atomic E-state index is 0.238. The zero-order valence-electron chi connectivity index (χ0n) is 26.7. The Kier molecular flexibility index (Phi) is 29.9. The molecular weight excluding hydrogens is 531 g/mol. The molecule has 0 aliphatic carbocycles. The predicted molar refractivity (Wildman–Crippen MR) is 176 cm³/mol. The lowest BCUT2D eigenvalue weighted by Crippen LogP contribution is -2.31. The average molecular weight is 597 g/mol. The van der Waals surface area contributed by atoms with Crippen molar-refractivity contribution in [3.8, 4) is 0 Å². The number of aliphatic hydroxyl groups excluding tert-OH is 3. The van der Waals surface area contributed by atoms with E-state index < -0.39 is 26.5 Å². The molecule has 0 aromatic rings. The van der Waals surface area contributed by atoms with Crippen LogP contribution < -0.4 is 0 Å². The summed E-state index contributed by atoms with van der Waals surface area (Å²) in [6.45, 7) is 3.81. The van der Waals surface area contributed by atoms with Gasteiger partial charge in [0.25, 0.3) is 0 Å². The standard InChI is InChI=1S/C35H65O5P/c1-3-5-7-9-11-13-15-17-19-21-23-25-27-29-33(38)41(35(40)32(37)31-36)34(39)30-28-26-24-22-20-18-16-14-12-10-8-6-4-2/h13-16,32,35-37,40H,3-12,17-31H2,1-2H3. The van der Waals surface area contributed by atoms with Crippen LogP contribution in [0.3, 0.4) is 0 Å². The van der Waals surface area contributed by atoms with E-state index in [2.05, 4.69) is 38.2 Å². The maximum atomic E-state index is 12.9. The van der Waals surface area contributed by atoms with Gasteiger partial charge in [0.15, 0.2) is 11.0 Å². The van der Waals surface area contributed by atoms with Crippen molar-refractivity contribution < 1.29 is 24.9 Å². The summed E-state index contributed by atoms with van der Waals surface area (Å²) in [7, 11) is -2.02. The van der Waals surface area contributed by atoms with Crippen LogP contribution in [0.2, 0.25) is 0 Å². The first-order valence-electron chi connectivity index (χ1n) is 17.1. The highest BCUT2D eigenvalue weighted by Crippen LogP contribution is 2.46. The Hall–Kier alpha value is -0.870. The Labute approximate surface area is 254 Å². The highest BCUT2D eigenvalue weighted by Gasteiger charge is 2.36. The fourth-order valence-electron chi connectivity index (χ4n) is 4.93. The summed E-state index contributed by atoms with van der Waals surface area (Å²) in [5, 5.41) is 29.7. The number of hydrogen-bond acceptors (Lipinski definition) is 5.